The normalized spacial score (nSPS) is 10.6. The van der Waals surface area contributed by atoms with Crippen LogP contribution in [-0.2, 0) is 6.42 Å². The molecule has 3 rings (SSSR count). The highest BCUT2D eigenvalue weighted by Gasteiger charge is 2.04. The third kappa shape index (κ3) is 3.25. The lowest BCUT2D eigenvalue weighted by Crippen LogP contribution is -2.30. The maximum absolute atomic E-state index is 11.9. The minimum atomic E-state index is -0.201. The quantitative estimate of drug-likeness (QED) is 0.691. The number of hydrogen-bond acceptors (Lipinski definition) is 2. The largest absolute Gasteiger partial charge is 0.345 e. The second-order valence-electron chi connectivity index (χ2n) is 5.19. The lowest BCUT2D eigenvalue weighted by atomic mass is 10.1. The highest BCUT2D eigenvalue weighted by atomic mass is 16.2. The fourth-order valence-electron chi connectivity index (χ4n) is 2.39. The van der Waals surface area contributed by atoms with Gasteiger partial charge in [-0.15, -0.1) is 0 Å². The number of fused-ring (bicyclic) bond motifs is 1. The van der Waals surface area contributed by atoms with Crippen molar-refractivity contribution in [2.24, 2.45) is 0 Å². The maximum atomic E-state index is 11.9. The lowest BCUT2D eigenvalue weighted by Gasteiger charge is -2.09. The molecule has 0 spiro atoms. The highest BCUT2D eigenvalue weighted by molar-refractivity contribution is 5.91. The smallest absolute Gasteiger partial charge is 0.319 e. The van der Waals surface area contributed by atoms with E-state index < -0.39 is 0 Å². The molecule has 0 saturated carbocycles. The molecule has 0 aliphatic carbocycles. The number of hydrogen-bond donors (Lipinski definition) is 3. The van der Waals surface area contributed by atoms with Crippen molar-refractivity contribution in [2.45, 2.75) is 13.3 Å². The molecule has 5 nitrogen and oxygen atoms in total. The molecule has 0 bridgehead atoms. The molecule has 2 amide bonds. The fraction of sp³-hybridized carbons (Fsp3) is 0.176. The van der Waals surface area contributed by atoms with Gasteiger partial charge >= 0.3 is 6.03 Å². The topological polar surface area (TPSA) is 69.8 Å². The molecule has 112 valence electrons. The Morgan fingerprint density at radius 1 is 1.23 bits per heavy atom. The first-order chi connectivity index (χ1) is 10.7. The molecule has 3 N–H and O–H groups in total. The van der Waals surface area contributed by atoms with Crippen LogP contribution in [0.1, 0.15) is 11.1 Å². The van der Waals surface area contributed by atoms with Crippen molar-refractivity contribution in [1.82, 2.24) is 15.3 Å². The zero-order valence-corrected chi connectivity index (χ0v) is 12.4. The van der Waals surface area contributed by atoms with Gasteiger partial charge < -0.3 is 15.6 Å². The number of anilines is 1. The number of carbonyl (C=O) groups excluding carboxylic acids is 1. The average Bonchev–Trinajstić information content (AvgIpc) is 2.97. The number of rotatable bonds is 4. The number of nitrogens with one attached hydrogen (secondary N) is 3. The average molecular weight is 294 g/mol. The van der Waals surface area contributed by atoms with E-state index in [9.17, 15) is 4.79 Å². The molecule has 2 aromatic carbocycles. The molecule has 0 saturated heterocycles. The number of H-pyrrole nitrogens is 1. The van der Waals surface area contributed by atoms with Crippen molar-refractivity contribution in [2.75, 3.05) is 11.9 Å². The molecule has 1 aromatic heterocycles. The number of amides is 2. The summed E-state index contributed by atoms with van der Waals surface area (Å²) in [6.07, 6.45) is 2.45. The van der Waals surface area contributed by atoms with Crippen molar-refractivity contribution < 1.29 is 4.79 Å². The molecule has 3 aromatic rings. The van der Waals surface area contributed by atoms with Gasteiger partial charge in [0.2, 0.25) is 0 Å². The standard InChI is InChI=1S/C17H18N4O/c1-12-4-2-3-5-13(12)8-9-18-17(22)21-14-6-7-15-16(10-14)20-11-19-15/h2-7,10-11H,8-9H2,1H3,(H,19,20)(H2,18,21,22). The summed E-state index contributed by atoms with van der Waals surface area (Å²) in [5.74, 6) is 0. The molecule has 5 heteroatoms. The number of aromatic nitrogens is 2. The Labute approximate surface area is 128 Å². The Hall–Kier alpha value is -2.82. The molecule has 0 atom stereocenters. The molecular weight excluding hydrogens is 276 g/mol. The predicted octanol–water partition coefficient (Wildman–Crippen LogP) is 3.24. The first-order valence-electron chi connectivity index (χ1n) is 7.25. The van der Waals surface area contributed by atoms with Gasteiger partial charge in [0, 0.05) is 12.2 Å². The van der Waals surface area contributed by atoms with E-state index in [2.05, 4.69) is 39.7 Å². The van der Waals surface area contributed by atoms with E-state index in [1.807, 2.05) is 30.3 Å². The van der Waals surface area contributed by atoms with Crippen LogP contribution in [0, 0.1) is 6.92 Å². The van der Waals surface area contributed by atoms with Gasteiger partial charge in [-0.3, -0.25) is 0 Å². The van der Waals surface area contributed by atoms with E-state index in [-0.39, 0.29) is 6.03 Å². The van der Waals surface area contributed by atoms with E-state index in [1.54, 1.807) is 6.33 Å². The number of benzene rings is 2. The van der Waals surface area contributed by atoms with Gasteiger partial charge in [0.1, 0.15) is 0 Å². The van der Waals surface area contributed by atoms with Gasteiger partial charge in [0.15, 0.2) is 0 Å². The van der Waals surface area contributed by atoms with Crippen LogP contribution in [0.15, 0.2) is 48.8 Å². The number of urea groups is 1. The second kappa shape index (κ2) is 6.30. The minimum Gasteiger partial charge on any atom is -0.345 e. The van der Waals surface area contributed by atoms with Crippen LogP contribution < -0.4 is 10.6 Å². The van der Waals surface area contributed by atoms with E-state index in [0.717, 1.165) is 23.1 Å². The molecule has 0 aliphatic heterocycles. The predicted molar refractivity (Wildman–Crippen MR) is 88.0 cm³/mol. The van der Waals surface area contributed by atoms with Gasteiger partial charge in [-0.25, -0.2) is 9.78 Å². The van der Waals surface area contributed by atoms with Crippen molar-refractivity contribution in [3.05, 3.63) is 59.9 Å². The second-order valence-corrected chi connectivity index (χ2v) is 5.19. The van der Waals surface area contributed by atoms with Gasteiger partial charge in [0.25, 0.3) is 0 Å². The molecule has 0 aliphatic rings. The number of imidazole rings is 1. The van der Waals surface area contributed by atoms with Crippen LogP contribution in [0.3, 0.4) is 0 Å². The SMILES string of the molecule is Cc1ccccc1CCNC(=O)Nc1ccc2nc[nH]c2c1. The Balaban J connectivity index is 1.53. The summed E-state index contributed by atoms with van der Waals surface area (Å²) < 4.78 is 0. The third-order valence-corrected chi connectivity index (χ3v) is 3.62. The van der Waals surface area contributed by atoms with Crippen molar-refractivity contribution in [3.63, 3.8) is 0 Å². The van der Waals surface area contributed by atoms with Gasteiger partial charge in [-0.1, -0.05) is 24.3 Å². The third-order valence-electron chi connectivity index (χ3n) is 3.62. The van der Waals surface area contributed by atoms with Crippen LogP contribution in [0.25, 0.3) is 11.0 Å². The summed E-state index contributed by atoms with van der Waals surface area (Å²) in [5, 5.41) is 5.70. The highest BCUT2D eigenvalue weighted by Crippen LogP contribution is 2.15. The Kier molecular flexibility index (Phi) is 4.05. The zero-order chi connectivity index (χ0) is 15.4. The van der Waals surface area contributed by atoms with Crippen molar-refractivity contribution >= 4 is 22.8 Å². The molecule has 22 heavy (non-hydrogen) atoms. The number of aromatic amines is 1. The van der Waals surface area contributed by atoms with Crippen LogP contribution in [0.4, 0.5) is 10.5 Å². The van der Waals surface area contributed by atoms with Crippen LogP contribution in [0.5, 0.6) is 0 Å². The van der Waals surface area contributed by atoms with Crippen LogP contribution in [0.2, 0.25) is 0 Å². The van der Waals surface area contributed by atoms with Gasteiger partial charge in [-0.2, -0.15) is 0 Å². The molecule has 1 heterocycles. The Morgan fingerprint density at radius 3 is 2.95 bits per heavy atom. The summed E-state index contributed by atoms with van der Waals surface area (Å²) in [5.41, 5.74) is 5.02. The van der Waals surface area contributed by atoms with Crippen LogP contribution in [-0.4, -0.2) is 22.5 Å². The first-order valence-corrected chi connectivity index (χ1v) is 7.25. The summed E-state index contributed by atoms with van der Waals surface area (Å²) in [7, 11) is 0. The summed E-state index contributed by atoms with van der Waals surface area (Å²) in [6, 6.07) is 13.6. The molecule has 0 fully saturated rings. The summed E-state index contributed by atoms with van der Waals surface area (Å²) >= 11 is 0. The van der Waals surface area contributed by atoms with E-state index >= 15 is 0 Å². The minimum absolute atomic E-state index is 0.201. The number of aryl methyl sites for hydroxylation is 1. The number of carbonyl (C=O) groups is 1. The van der Waals surface area contributed by atoms with E-state index in [1.165, 1.54) is 11.1 Å². The molecule has 0 radical (unpaired) electrons. The fourth-order valence-corrected chi connectivity index (χ4v) is 2.39. The Morgan fingerprint density at radius 2 is 2.09 bits per heavy atom. The first kappa shape index (κ1) is 14.1. The summed E-state index contributed by atoms with van der Waals surface area (Å²) in [4.78, 5) is 19.1. The van der Waals surface area contributed by atoms with Gasteiger partial charge in [-0.05, 0) is 42.7 Å². The Bertz CT molecular complexity index is 794. The lowest BCUT2D eigenvalue weighted by molar-refractivity contribution is 0.252. The van der Waals surface area contributed by atoms with E-state index in [0.29, 0.717) is 6.54 Å². The van der Waals surface area contributed by atoms with Crippen molar-refractivity contribution in [3.8, 4) is 0 Å². The molecular formula is C17H18N4O. The molecule has 0 unspecified atom stereocenters. The zero-order valence-electron chi connectivity index (χ0n) is 12.4. The van der Waals surface area contributed by atoms with Gasteiger partial charge in [0.05, 0.1) is 17.4 Å². The number of nitrogens with zero attached hydrogens (tertiary/aromatic N) is 1. The monoisotopic (exact) mass is 294 g/mol. The van der Waals surface area contributed by atoms with Crippen molar-refractivity contribution in [1.29, 1.82) is 0 Å². The summed E-state index contributed by atoms with van der Waals surface area (Å²) in [6.45, 7) is 2.68. The van der Waals surface area contributed by atoms with Crippen LogP contribution >= 0.6 is 0 Å². The van der Waals surface area contributed by atoms with E-state index in [4.69, 9.17) is 0 Å². The maximum Gasteiger partial charge on any atom is 0.319 e.